The van der Waals surface area contributed by atoms with Crippen LogP contribution in [0.15, 0.2) is 0 Å². The maximum absolute atomic E-state index is 3.49. The summed E-state index contributed by atoms with van der Waals surface area (Å²) < 4.78 is 0. The molecule has 1 fully saturated rings. The zero-order chi connectivity index (χ0) is 14.1. The molecule has 1 heterocycles. The molecule has 0 aliphatic carbocycles. The summed E-state index contributed by atoms with van der Waals surface area (Å²) in [4.78, 5) is 5.21. The Morgan fingerprint density at radius 3 is 2.79 bits per heavy atom. The molecule has 0 aromatic heterocycles. The average molecular weight is 269 g/mol. The third-order valence-corrected chi connectivity index (χ3v) is 4.56. The van der Waals surface area contributed by atoms with Gasteiger partial charge in [0.2, 0.25) is 0 Å². The van der Waals surface area contributed by atoms with E-state index in [4.69, 9.17) is 0 Å². The predicted octanol–water partition coefficient (Wildman–Crippen LogP) is 2.57. The van der Waals surface area contributed by atoms with Gasteiger partial charge in [-0.15, -0.1) is 0 Å². The number of likely N-dealkylation sites (N-methyl/N-ethyl adjacent to an activating group) is 2. The topological polar surface area (TPSA) is 18.5 Å². The molecule has 0 radical (unpaired) electrons. The van der Waals surface area contributed by atoms with E-state index in [9.17, 15) is 0 Å². The van der Waals surface area contributed by atoms with Gasteiger partial charge < -0.3 is 10.2 Å². The molecular weight excluding hydrogens is 234 g/mol. The van der Waals surface area contributed by atoms with E-state index in [0.717, 1.165) is 12.6 Å². The molecule has 1 N–H and O–H groups in total. The van der Waals surface area contributed by atoms with E-state index in [1.165, 1.54) is 58.3 Å². The molecule has 3 heteroatoms. The van der Waals surface area contributed by atoms with Gasteiger partial charge in [0.15, 0.2) is 0 Å². The van der Waals surface area contributed by atoms with Crippen LogP contribution in [0.2, 0.25) is 0 Å². The van der Waals surface area contributed by atoms with Crippen molar-refractivity contribution in [3.8, 4) is 0 Å². The van der Waals surface area contributed by atoms with Gasteiger partial charge >= 0.3 is 0 Å². The molecule has 1 saturated heterocycles. The molecule has 1 aliphatic heterocycles. The minimum absolute atomic E-state index is 0.711. The number of nitrogens with one attached hydrogen (secondary N) is 1. The summed E-state index contributed by atoms with van der Waals surface area (Å²) in [6.45, 7) is 13.0. The van der Waals surface area contributed by atoms with E-state index in [1.807, 2.05) is 0 Å². The van der Waals surface area contributed by atoms with Crippen LogP contribution in [0.1, 0.15) is 52.9 Å². The van der Waals surface area contributed by atoms with Gasteiger partial charge in [-0.25, -0.2) is 0 Å². The molecule has 2 atom stereocenters. The van der Waals surface area contributed by atoms with Crippen molar-refractivity contribution in [3.63, 3.8) is 0 Å². The van der Waals surface area contributed by atoms with Gasteiger partial charge in [0.1, 0.15) is 0 Å². The van der Waals surface area contributed by atoms with Crippen LogP contribution in [-0.4, -0.2) is 61.7 Å². The molecule has 0 spiro atoms. The molecule has 114 valence electrons. The molecule has 2 unspecified atom stereocenters. The summed E-state index contributed by atoms with van der Waals surface area (Å²) in [7, 11) is 2.30. The minimum atomic E-state index is 0.711. The first-order valence-corrected chi connectivity index (χ1v) is 8.34. The molecular formula is C16H35N3. The maximum Gasteiger partial charge on any atom is 0.0223 e. The zero-order valence-corrected chi connectivity index (χ0v) is 13.6. The third-order valence-electron chi connectivity index (χ3n) is 4.56. The van der Waals surface area contributed by atoms with Crippen molar-refractivity contribution in [3.05, 3.63) is 0 Å². The Bertz CT molecular complexity index is 220. The Balaban J connectivity index is 2.15. The van der Waals surface area contributed by atoms with Gasteiger partial charge in [-0.2, -0.15) is 0 Å². The summed E-state index contributed by atoms with van der Waals surface area (Å²) in [5.41, 5.74) is 0. The second-order valence-electron chi connectivity index (χ2n) is 6.11. The molecule has 19 heavy (non-hydrogen) atoms. The van der Waals surface area contributed by atoms with Crippen LogP contribution in [0.4, 0.5) is 0 Å². The van der Waals surface area contributed by atoms with Gasteiger partial charge in [-0.05, 0) is 72.3 Å². The van der Waals surface area contributed by atoms with Crippen LogP contribution in [0.25, 0.3) is 0 Å². The fourth-order valence-electron chi connectivity index (χ4n) is 3.08. The molecule has 0 bridgehead atoms. The molecule has 0 saturated carbocycles. The summed E-state index contributed by atoms with van der Waals surface area (Å²) in [5.74, 6) is 0. The van der Waals surface area contributed by atoms with Crippen molar-refractivity contribution in [2.24, 2.45) is 0 Å². The van der Waals surface area contributed by atoms with Crippen LogP contribution < -0.4 is 5.32 Å². The van der Waals surface area contributed by atoms with E-state index in [0.29, 0.717) is 6.04 Å². The van der Waals surface area contributed by atoms with Crippen molar-refractivity contribution in [2.45, 2.75) is 65.0 Å². The Hall–Kier alpha value is -0.120. The lowest BCUT2D eigenvalue weighted by molar-refractivity contribution is 0.164. The van der Waals surface area contributed by atoms with Crippen molar-refractivity contribution < 1.29 is 0 Å². The fraction of sp³-hybridized carbons (Fsp3) is 1.00. The highest BCUT2D eigenvalue weighted by molar-refractivity contribution is 4.81. The van der Waals surface area contributed by atoms with Gasteiger partial charge in [0, 0.05) is 18.6 Å². The Labute approximate surface area is 120 Å². The highest BCUT2D eigenvalue weighted by Gasteiger charge is 2.25. The molecule has 0 aromatic rings. The lowest BCUT2D eigenvalue weighted by Gasteiger charge is -2.31. The Morgan fingerprint density at radius 1 is 1.32 bits per heavy atom. The summed E-state index contributed by atoms with van der Waals surface area (Å²) in [6.07, 6.45) is 6.63. The smallest absolute Gasteiger partial charge is 0.0223 e. The van der Waals surface area contributed by atoms with Crippen LogP contribution in [0.5, 0.6) is 0 Å². The second-order valence-corrected chi connectivity index (χ2v) is 6.11. The van der Waals surface area contributed by atoms with Crippen molar-refractivity contribution in [1.82, 2.24) is 15.1 Å². The van der Waals surface area contributed by atoms with Gasteiger partial charge in [0.25, 0.3) is 0 Å². The standard InChI is InChI=1S/C16H35N3/c1-5-11-17-12-7-9-15(3)18(4)14-16-10-8-13-19(16)6-2/h15-17H,5-14H2,1-4H3. The number of rotatable bonds is 10. The lowest BCUT2D eigenvalue weighted by Crippen LogP contribution is -2.42. The largest absolute Gasteiger partial charge is 0.317 e. The van der Waals surface area contributed by atoms with Gasteiger partial charge in [-0.3, -0.25) is 4.90 Å². The first kappa shape index (κ1) is 16.9. The Kier molecular flexibility index (Phi) is 8.67. The lowest BCUT2D eigenvalue weighted by atomic mass is 10.1. The molecule has 0 amide bonds. The normalized spacial score (nSPS) is 22.3. The highest BCUT2D eigenvalue weighted by Crippen LogP contribution is 2.18. The Morgan fingerprint density at radius 2 is 2.11 bits per heavy atom. The zero-order valence-electron chi connectivity index (χ0n) is 13.6. The van der Waals surface area contributed by atoms with E-state index in [2.05, 4.69) is 42.9 Å². The second kappa shape index (κ2) is 9.73. The summed E-state index contributed by atoms with van der Waals surface area (Å²) >= 11 is 0. The van der Waals surface area contributed by atoms with Crippen LogP contribution in [-0.2, 0) is 0 Å². The van der Waals surface area contributed by atoms with Crippen LogP contribution in [0.3, 0.4) is 0 Å². The first-order chi connectivity index (χ1) is 9.19. The number of nitrogens with zero attached hydrogens (tertiary/aromatic N) is 2. The van der Waals surface area contributed by atoms with Gasteiger partial charge in [-0.1, -0.05) is 13.8 Å². The summed E-state index contributed by atoms with van der Waals surface area (Å²) in [5, 5.41) is 3.49. The van der Waals surface area contributed by atoms with E-state index >= 15 is 0 Å². The first-order valence-electron chi connectivity index (χ1n) is 8.34. The predicted molar refractivity (Wildman–Crippen MR) is 84.8 cm³/mol. The SMILES string of the molecule is CCCNCCCC(C)N(C)CC1CCCN1CC. The molecule has 1 rings (SSSR count). The van der Waals surface area contributed by atoms with Crippen LogP contribution in [0, 0.1) is 0 Å². The van der Waals surface area contributed by atoms with Crippen LogP contribution >= 0.6 is 0 Å². The fourth-order valence-corrected chi connectivity index (χ4v) is 3.08. The summed E-state index contributed by atoms with van der Waals surface area (Å²) in [6, 6.07) is 1.51. The average Bonchev–Trinajstić information content (AvgIpc) is 2.85. The third kappa shape index (κ3) is 6.24. The van der Waals surface area contributed by atoms with Crippen molar-refractivity contribution in [2.75, 3.05) is 39.8 Å². The number of hydrogen-bond donors (Lipinski definition) is 1. The van der Waals surface area contributed by atoms with Crippen molar-refractivity contribution >= 4 is 0 Å². The molecule has 1 aliphatic rings. The monoisotopic (exact) mass is 269 g/mol. The number of likely N-dealkylation sites (tertiary alicyclic amines) is 1. The molecule has 3 nitrogen and oxygen atoms in total. The van der Waals surface area contributed by atoms with E-state index in [1.54, 1.807) is 0 Å². The maximum atomic E-state index is 3.49. The minimum Gasteiger partial charge on any atom is -0.317 e. The van der Waals surface area contributed by atoms with Gasteiger partial charge in [0.05, 0.1) is 0 Å². The van der Waals surface area contributed by atoms with Crippen molar-refractivity contribution in [1.29, 1.82) is 0 Å². The number of hydrogen-bond acceptors (Lipinski definition) is 3. The quantitative estimate of drug-likeness (QED) is 0.615. The molecule has 0 aromatic carbocycles. The van der Waals surface area contributed by atoms with E-state index < -0.39 is 0 Å². The highest BCUT2D eigenvalue weighted by atomic mass is 15.2. The van der Waals surface area contributed by atoms with E-state index in [-0.39, 0.29) is 0 Å².